The van der Waals surface area contributed by atoms with Crippen molar-refractivity contribution in [2.45, 2.75) is 102 Å². The van der Waals surface area contributed by atoms with E-state index in [9.17, 15) is 4.79 Å². The molecular formula is C33H53N7O. The van der Waals surface area contributed by atoms with Crippen LogP contribution < -0.4 is 11.1 Å². The zero-order valence-corrected chi connectivity index (χ0v) is 25.1. The number of piperidine rings is 2. The van der Waals surface area contributed by atoms with Gasteiger partial charge >= 0.3 is 0 Å². The van der Waals surface area contributed by atoms with E-state index in [1.807, 2.05) is 22.9 Å². The van der Waals surface area contributed by atoms with Gasteiger partial charge in [0.1, 0.15) is 12.1 Å². The number of hydrogen-bond donors (Lipinski definition) is 2. The van der Waals surface area contributed by atoms with Gasteiger partial charge in [-0.25, -0.2) is 9.97 Å². The first-order valence-electron chi connectivity index (χ1n) is 16.6. The first kappa shape index (κ1) is 30.2. The van der Waals surface area contributed by atoms with E-state index in [1.165, 1.54) is 116 Å². The summed E-state index contributed by atoms with van der Waals surface area (Å²) in [5, 5.41) is 3.30. The van der Waals surface area contributed by atoms with Crippen LogP contribution in [-0.2, 0) is 0 Å². The van der Waals surface area contributed by atoms with Gasteiger partial charge < -0.3 is 20.9 Å². The van der Waals surface area contributed by atoms with Crippen molar-refractivity contribution in [3.05, 3.63) is 42.6 Å². The number of carbonyl (C=O) groups excluding carboxylic acids is 1. The molecule has 4 fully saturated rings. The van der Waals surface area contributed by atoms with E-state index in [0.29, 0.717) is 17.5 Å². The summed E-state index contributed by atoms with van der Waals surface area (Å²) in [6.45, 7) is 7.49. The topological polar surface area (TPSA) is 92.3 Å². The van der Waals surface area contributed by atoms with Gasteiger partial charge in [0.2, 0.25) is 0 Å². The highest BCUT2D eigenvalue weighted by Gasteiger charge is 2.29. The molecule has 2 saturated carbocycles. The van der Waals surface area contributed by atoms with Gasteiger partial charge in [-0.05, 0) is 102 Å². The van der Waals surface area contributed by atoms with Crippen molar-refractivity contribution in [3.8, 4) is 5.82 Å². The molecular weight excluding hydrogens is 510 g/mol. The Morgan fingerprint density at radius 1 is 0.805 bits per heavy atom. The molecule has 3 N–H and O–H groups in total. The monoisotopic (exact) mass is 563 g/mol. The summed E-state index contributed by atoms with van der Waals surface area (Å²) < 4.78 is 1.83. The van der Waals surface area contributed by atoms with E-state index in [4.69, 9.17) is 5.73 Å². The number of nitrogens with zero attached hydrogens (tertiary/aromatic N) is 5. The van der Waals surface area contributed by atoms with Gasteiger partial charge in [-0.3, -0.25) is 9.36 Å². The Balaban J connectivity index is 0.000000202. The average molecular weight is 564 g/mol. The molecule has 2 aliphatic carbocycles. The fourth-order valence-electron chi connectivity index (χ4n) is 7.35. The van der Waals surface area contributed by atoms with Crippen molar-refractivity contribution >= 4 is 5.91 Å². The number of likely N-dealkylation sites (tertiary alicyclic amines) is 2. The van der Waals surface area contributed by atoms with Crippen LogP contribution >= 0.6 is 0 Å². The van der Waals surface area contributed by atoms with E-state index < -0.39 is 0 Å². The molecule has 0 radical (unpaired) electrons. The summed E-state index contributed by atoms with van der Waals surface area (Å²) in [7, 11) is 0. The Hall–Kier alpha value is -2.29. The van der Waals surface area contributed by atoms with Gasteiger partial charge in [0.05, 0.1) is 5.56 Å². The van der Waals surface area contributed by atoms with Crippen molar-refractivity contribution in [1.82, 2.24) is 29.7 Å². The molecule has 2 aromatic rings. The number of amides is 1. The molecule has 8 heteroatoms. The number of nitrogens with two attached hydrogens (primary N) is 1. The Kier molecular flexibility index (Phi) is 11.6. The molecule has 8 nitrogen and oxygen atoms in total. The lowest BCUT2D eigenvalue weighted by Gasteiger charge is -2.37. The molecule has 0 unspecified atom stereocenters. The van der Waals surface area contributed by atoms with Gasteiger partial charge in [0.15, 0.2) is 0 Å². The molecule has 226 valence electrons. The largest absolute Gasteiger partial charge is 0.349 e. The summed E-state index contributed by atoms with van der Waals surface area (Å²) in [6.07, 6.45) is 25.4. The van der Waals surface area contributed by atoms with Crippen LogP contribution in [0.2, 0.25) is 0 Å². The lowest BCUT2D eigenvalue weighted by atomic mass is 9.83. The van der Waals surface area contributed by atoms with Crippen molar-refractivity contribution < 1.29 is 4.79 Å². The maximum atomic E-state index is 12.8. The summed E-state index contributed by atoms with van der Waals surface area (Å²) in [6, 6.07) is 4.48. The molecule has 4 atom stereocenters. The van der Waals surface area contributed by atoms with E-state index in [2.05, 4.69) is 25.1 Å². The molecule has 6 rings (SSSR count). The van der Waals surface area contributed by atoms with Crippen molar-refractivity contribution in [3.63, 3.8) is 0 Å². The van der Waals surface area contributed by atoms with Gasteiger partial charge in [-0.1, -0.05) is 38.5 Å². The average Bonchev–Trinajstić information content (AvgIpc) is 3.56. The summed E-state index contributed by atoms with van der Waals surface area (Å²) in [5.41, 5.74) is 6.80. The molecule has 2 aliphatic heterocycles. The maximum absolute atomic E-state index is 12.8. The number of carbonyl (C=O) groups is 1. The number of pyridine rings is 1. The Morgan fingerprint density at radius 3 is 2.05 bits per heavy atom. The summed E-state index contributed by atoms with van der Waals surface area (Å²) in [5.74, 6) is 2.13. The minimum atomic E-state index is -0.00442. The maximum Gasteiger partial charge on any atom is 0.253 e. The van der Waals surface area contributed by atoms with Crippen LogP contribution in [0.25, 0.3) is 5.82 Å². The SMILES string of the molecule is N[C@@H]1CCCC[C@H]1CN1CCCCC1.O=C(N[C@@H]1CCCC[C@H]1CN1CCCCC1)c1ccc(-n2ccnc2)nc1. The molecule has 2 aromatic heterocycles. The third-order valence-electron chi connectivity index (χ3n) is 9.86. The zero-order chi connectivity index (χ0) is 28.3. The predicted octanol–water partition coefficient (Wildman–Crippen LogP) is 5.03. The number of aromatic nitrogens is 3. The Bertz CT molecular complexity index is 1010. The van der Waals surface area contributed by atoms with Crippen molar-refractivity contribution in [2.24, 2.45) is 17.6 Å². The zero-order valence-electron chi connectivity index (χ0n) is 25.1. The van der Waals surface area contributed by atoms with Gasteiger partial charge in [0.25, 0.3) is 5.91 Å². The Morgan fingerprint density at radius 2 is 1.44 bits per heavy atom. The number of rotatable bonds is 7. The summed E-state index contributed by atoms with van der Waals surface area (Å²) >= 11 is 0. The van der Waals surface area contributed by atoms with E-state index in [-0.39, 0.29) is 11.9 Å². The van der Waals surface area contributed by atoms with Crippen molar-refractivity contribution in [1.29, 1.82) is 0 Å². The fourth-order valence-corrected chi connectivity index (χ4v) is 7.35. The summed E-state index contributed by atoms with van der Waals surface area (Å²) in [4.78, 5) is 26.4. The smallest absolute Gasteiger partial charge is 0.253 e. The van der Waals surface area contributed by atoms with E-state index in [1.54, 1.807) is 18.7 Å². The third-order valence-corrected chi connectivity index (χ3v) is 9.86. The van der Waals surface area contributed by atoms with E-state index >= 15 is 0 Å². The van der Waals surface area contributed by atoms with Crippen LogP contribution in [0.15, 0.2) is 37.1 Å². The number of nitrogens with one attached hydrogen (secondary N) is 1. The third kappa shape index (κ3) is 9.10. The highest BCUT2D eigenvalue weighted by atomic mass is 16.1. The van der Waals surface area contributed by atoms with Crippen LogP contribution in [0.4, 0.5) is 0 Å². The highest BCUT2D eigenvalue weighted by Crippen LogP contribution is 2.27. The standard InChI is InChI=1S/C21H29N5O.C12H24N2/c27-21(17-8-9-20(23-14-17)26-13-10-22-16-26)24-19-7-3-2-6-18(19)15-25-11-4-1-5-12-25;13-12-7-3-2-6-11(12)10-14-8-4-1-5-9-14/h8-10,13-14,16,18-19H,1-7,11-12,15H2,(H,24,27);11-12H,1-10,13H2/t18-,19+;11-,12+/m00/s1. The van der Waals surface area contributed by atoms with Gasteiger partial charge in [-0.2, -0.15) is 0 Å². The van der Waals surface area contributed by atoms with Crippen LogP contribution in [0.1, 0.15) is 100 Å². The lowest BCUT2D eigenvalue weighted by molar-refractivity contribution is 0.0877. The normalized spacial score (nSPS) is 27.9. The van der Waals surface area contributed by atoms with Crippen LogP contribution in [0, 0.1) is 11.8 Å². The number of hydrogen-bond acceptors (Lipinski definition) is 6. The minimum Gasteiger partial charge on any atom is -0.349 e. The molecule has 0 spiro atoms. The second-order valence-corrected chi connectivity index (χ2v) is 12.9. The van der Waals surface area contributed by atoms with Gasteiger partial charge in [0, 0.05) is 43.8 Å². The van der Waals surface area contributed by atoms with Crippen LogP contribution in [0.5, 0.6) is 0 Å². The molecule has 0 aromatic carbocycles. The lowest BCUT2D eigenvalue weighted by Crippen LogP contribution is -2.47. The molecule has 41 heavy (non-hydrogen) atoms. The minimum absolute atomic E-state index is 0.00442. The highest BCUT2D eigenvalue weighted by molar-refractivity contribution is 5.94. The second-order valence-electron chi connectivity index (χ2n) is 12.9. The molecule has 2 saturated heterocycles. The predicted molar refractivity (Wildman–Crippen MR) is 165 cm³/mol. The molecule has 4 aliphatic rings. The quantitative estimate of drug-likeness (QED) is 0.491. The Labute approximate surface area is 247 Å². The molecule has 0 bridgehead atoms. The van der Waals surface area contributed by atoms with Crippen molar-refractivity contribution in [2.75, 3.05) is 39.3 Å². The van der Waals surface area contributed by atoms with Crippen LogP contribution in [-0.4, -0.2) is 81.6 Å². The van der Waals surface area contributed by atoms with Crippen LogP contribution in [0.3, 0.4) is 0 Å². The first-order valence-corrected chi connectivity index (χ1v) is 16.6. The second kappa shape index (κ2) is 15.8. The first-order chi connectivity index (χ1) is 20.2. The number of imidazole rings is 1. The molecule has 4 heterocycles. The van der Waals surface area contributed by atoms with Gasteiger partial charge in [-0.15, -0.1) is 0 Å². The fraction of sp³-hybridized carbons (Fsp3) is 0.727. The molecule has 1 amide bonds. The van der Waals surface area contributed by atoms with E-state index in [0.717, 1.165) is 24.7 Å².